The average molecular weight is 191 g/mol. The maximum atomic E-state index is 5.40. The van der Waals surface area contributed by atoms with Crippen molar-refractivity contribution in [3.05, 3.63) is 0 Å². The summed E-state index contributed by atoms with van der Waals surface area (Å²) in [5.41, 5.74) is 5.30. The highest BCUT2D eigenvalue weighted by atomic mass is 35.5. The van der Waals surface area contributed by atoms with Crippen LogP contribution in [0.2, 0.25) is 0 Å². The van der Waals surface area contributed by atoms with E-state index in [1.54, 1.807) is 0 Å². The number of hydrogen-bond donors (Lipinski definition) is 1. The van der Waals surface area contributed by atoms with Crippen molar-refractivity contribution in [1.29, 1.82) is 0 Å². The zero-order valence-electron chi connectivity index (χ0n) is 7.97. The summed E-state index contributed by atoms with van der Waals surface area (Å²) in [7, 11) is 0. The van der Waals surface area contributed by atoms with Gasteiger partial charge in [-0.1, -0.05) is 0 Å². The summed E-state index contributed by atoms with van der Waals surface area (Å²) in [5.74, 6) is 0. The summed E-state index contributed by atoms with van der Waals surface area (Å²) in [5, 5.41) is 0. The lowest BCUT2D eigenvalue weighted by molar-refractivity contribution is -0.00000322. The first kappa shape index (κ1) is 14.2. The summed E-state index contributed by atoms with van der Waals surface area (Å²) in [4.78, 5) is 8.02. The van der Waals surface area contributed by atoms with Crippen LogP contribution >= 0.6 is 0 Å². The van der Waals surface area contributed by atoms with E-state index < -0.39 is 0 Å². The second kappa shape index (κ2) is 7.29. The molecule has 0 fully saturated rings. The molecule has 4 heteroatoms. The molecule has 0 heterocycles. The molecule has 0 aromatic carbocycles. The van der Waals surface area contributed by atoms with Crippen LogP contribution in [0.1, 0.15) is 27.2 Å². The molecule has 2 N–H and O–H groups in total. The first-order valence-corrected chi connectivity index (χ1v) is 3.96. The van der Waals surface area contributed by atoms with E-state index in [-0.39, 0.29) is 17.9 Å². The van der Waals surface area contributed by atoms with Crippen molar-refractivity contribution >= 4 is 6.01 Å². The number of nitrogens with zero attached hydrogens (tertiary/aromatic N) is 2. The Morgan fingerprint density at radius 3 is 2.42 bits per heavy atom. The van der Waals surface area contributed by atoms with E-state index >= 15 is 0 Å². The van der Waals surface area contributed by atoms with Crippen molar-refractivity contribution < 1.29 is 12.4 Å². The van der Waals surface area contributed by atoms with Crippen LogP contribution in [0.5, 0.6) is 0 Å². The predicted octanol–water partition coefficient (Wildman–Crippen LogP) is -1.69. The monoisotopic (exact) mass is 190 g/mol. The van der Waals surface area contributed by atoms with Crippen molar-refractivity contribution in [2.75, 3.05) is 13.1 Å². The number of halogens is 1. The van der Waals surface area contributed by atoms with Crippen LogP contribution in [-0.4, -0.2) is 24.6 Å². The van der Waals surface area contributed by atoms with Gasteiger partial charge in [-0.25, -0.2) is 9.98 Å². The Kier molecular flexibility index (Phi) is 8.61. The highest BCUT2D eigenvalue weighted by Crippen LogP contribution is 2.11. The summed E-state index contributed by atoms with van der Waals surface area (Å²) in [6, 6.07) is 2.65. The van der Waals surface area contributed by atoms with E-state index in [0.717, 1.165) is 13.0 Å². The highest BCUT2D eigenvalue weighted by molar-refractivity contribution is 5.42. The van der Waals surface area contributed by atoms with Crippen molar-refractivity contribution in [2.24, 2.45) is 15.7 Å². The molecule has 3 nitrogen and oxygen atoms in total. The van der Waals surface area contributed by atoms with Gasteiger partial charge in [0.05, 0.1) is 11.5 Å². The molecule has 0 spiro atoms. The molecule has 12 heavy (non-hydrogen) atoms. The Hall–Kier alpha value is -0.370. The molecule has 0 aliphatic carbocycles. The first-order chi connectivity index (χ1) is 5.12. The van der Waals surface area contributed by atoms with Crippen LogP contribution in [0.3, 0.4) is 0 Å². The number of aliphatic imine (C=N–C) groups is 2. The lowest BCUT2D eigenvalue weighted by Gasteiger charge is -2.15. The smallest absolute Gasteiger partial charge is 0.0898 e. The Bertz CT molecular complexity index is 160. The normalized spacial score (nSPS) is 9.67. The van der Waals surface area contributed by atoms with E-state index in [2.05, 4.69) is 16.0 Å². The number of hydrogen-bond acceptors (Lipinski definition) is 3. The zero-order valence-corrected chi connectivity index (χ0v) is 8.73. The fourth-order valence-corrected chi connectivity index (χ4v) is 0.651. The van der Waals surface area contributed by atoms with E-state index in [1.165, 1.54) is 0 Å². The van der Waals surface area contributed by atoms with Crippen LogP contribution in [-0.2, 0) is 0 Å². The van der Waals surface area contributed by atoms with Gasteiger partial charge in [-0.15, -0.1) is 0 Å². The molecule has 0 radical (unpaired) electrons. The van der Waals surface area contributed by atoms with Crippen molar-refractivity contribution in [2.45, 2.75) is 32.7 Å². The molecule has 0 atom stereocenters. The number of nitrogens with two attached hydrogens (primary N) is 1. The third-order valence-corrected chi connectivity index (χ3v) is 1.34. The molecular formula is C8H17ClN3-. The van der Waals surface area contributed by atoms with E-state index in [9.17, 15) is 0 Å². The summed E-state index contributed by atoms with van der Waals surface area (Å²) >= 11 is 0. The van der Waals surface area contributed by atoms with Gasteiger partial charge in [0.25, 0.3) is 0 Å². The van der Waals surface area contributed by atoms with Crippen LogP contribution in [0.15, 0.2) is 9.98 Å². The third kappa shape index (κ3) is 7.73. The van der Waals surface area contributed by atoms with Gasteiger partial charge in [0, 0.05) is 6.54 Å². The fraction of sp³-hybridized carbons (Fsp3) is 0.875. The molecule has 0 saturated carbocycles. The topological polar surface area (TPSA) is 50.7 Å². The van der Waals surface area contributed by atoms with Gasteiger partial charge in [0.1, 0.15) is 0 Å². The molecule has 0 aromatic heterocycles. The van der Waals surface area contributed by atoms with Gasteiger partial charge in [-0.2, -0.15) is 0 Å². The largest absolute Gasteiger partial charge is 1.00 e. The second-order valence-electron chi connectivity index (χ2n) is 3.04. The molecule has 0 unspecified atom stereocenters. The second-order valence-corrected chi connectivity index (χ2v) is 3.04. The van der Waals surface area contributed by atoms with Gasteiger partial charge < -0.3 is 18.1 Å². The van der Waals surface area contributed by atoms with Crippen molar-refractivity contribution in [3.63, 3.8) is 0 Å². The van der Waals surface area contributed by atoms with E-state index in [1.807, 2.05) is 20.8 Å². The Morgan fingerprint density at radius 1 is 1.42 bits per heavy atom. The summed E-state index contributed by atoms with van der Waals surface area (Å²) in [6.45, 7) is 7.40. The van der Waals surface area contributed by atoms with Crippen LogP contribution in [0.25, 0.3) is 0 Å². The van der Waals surface area contributed by atoms with Gasteiger partial charge >= 0.3 is 0 Å². The molecular weight excluding hydrogens is 174 g/mol. The molecule has 0 amide bonds. The molecule has 0 aliphatic heterocycles. The standard InChI is InChI=1S/C8H17N3.ClH/c1-4-10-7-11-8(2,3)5-6-9;/h4-6,9H2,1-3H3;1H/p-1. The van der Waals surface area contributed by atoms with E-state index in [0.29, 0.717) is 6.54 Å². The average Bonchev–Trinajstić information content (AvgIpc) is 1.87. The fourth-order valence-electron chi connectivity index (χ4n) is 0.651. The quantitative estimate of drug-likeness (QED) is 0.529. The van der Waals surface area contributed by atoms with Crippen molar-refractivity contribution in [1.82, 2.24) is 0 Å². The Labute approximate surface area is 80.6 Å². The van der Waals surface area contributed by atoms with Gasteiger partial charge in [-0.05, 0) is 33.7 Å². The first-order valence-electron chi connectivity index (χ1n) is 3.96. The van der Waals surface area contributed by atoms with E-state index in [4.69, 9.17) is 5.73 Å². The Morgan fingerprint density at radius 2 is 2.00 bits per heavy atom. The maximum absolute atomic E-state index is 5.40. The lowest BCUT2D eigenvalue weighted by Crippen LogP contribution is -3.00. The van der Waals surface area contributed by atoms with Crippen LogP contribution in [0.4, 0.5) is 0 Å². The minimum Gasteiger partial charge on any atom is -1.00 e. The van der Waals surface area contributed by atoms with Gasteiger partial charge in [0.2, 0.25) is 0 Å². The zero-order chi connectivity index (χ0) is 8.74. The molecule has 72 valence electrons. The third-order valence-electron chi connectivity index (χ3n) is 1.34. The maximum Gasteiger partial charge on any atom is 0.0898 e. The minimum absolute atomic E-state index is 0. The molecule has 0 aliphatic rings. The molecule has 0 aromatic rings. The molecule has 0 bridgehead atoms. The van der Waals surface area contributed by atoms with Crippen molar-refractivity contribution in [3.8, 4) is 0 Å². The SMILES string of the molecule is CCN=C=NC(C)(C)CCN.[Cl-]. The molecule has 0 rings (SSSR count). The lowest BCUT2D eigenvalue weighted by atomic mass is 10.0. The predicted molar refractivity (Wildman–Crippen MR) is 48.2 cm³/mol. The van der Waals surface area contributed by atoms with Crippen LogP contribution in [0, 0.1) is 0 Å². The highest BCUT2D eigenvalue weighted by Gasteiger charge is 2.13. The summed E-state index contributed by atoms with van der Waals surface area (Å²) in [6.07, 6.45) is 0.874. The van der Waals surface area contributed by atoms with Crippen LogP contribution < -0.4 is 18.1 Å². The molecule has 0 saturated heterocycles. The summed E-state index contributed by atoms with van der Waals surface area (Å²) < 4.78 is 0. The number of rotatable bonds is 4. The minimum atomic E-state index is -0.104. The van der Waals surface area contributed by atoms with Gasteiger partial charge in [0.15, 0.2) is 0 Å². The Balaban J connectivity index is 0. The van der Waals surface area contributed by atoms with Gasteiger partial charge in [-0.3, -0.25) is 0 Å².